The Bertz CT molecular complexity index is 1440. The van der Waals surface area contributed by atoms with E-state index >= 15 is 0 Å². The molecule has 0 unspecified atom stereocenters. The van der Waals surface area contributed by atoms with Gasteiger partial charge < -0.3 is 35.1 Å². The molecule has 1 aromatic heterocycles. The van der Waals surface area contributed by atoms with Crippen LogP contribution in [0.25, 0.3) is 10.9 Å². The minimum absolute atomic E-state index is 0.107. The summed E-state index contributed by atoms with van der Waals surface area (Å²) in [5.74, 6) is 1.51. The third-order valence-corrected chi connectivity index (χ3v) is 5.88. The maximum atomic E-state index is 12.4. The zero-order valence-electron chi connectivity index (χ0n) is 21.5. The number of carbonyl (C=O) groups is 2. The first kappa shape index (κ1) is 27.2. The molecule has 0 aliphatic carbocycles. The Morgan fingerprint density at radius 3 is 2.31 bits per heavy atom. The molecule has 1 amide bonds. The minimum atomic E-state index is -1.09. The number of ether oxygens (including phenoxy) is 4. The summed E-state index contributed by atoms with van der Waals surface area (Å²) in [5.41, 5.74) is 7.68. The molecular weight excluding hydrogens is 502 g/mol. The molecule has 0 radical (unpaired) electrons. The van der Waals surface area contributed by atoms with Crippen LogP contribution in [0.2, 0.25) is 0 Å². The Morgan fingerprint density at radius 2 is 1.64 bits per heavy atom. The Labute approximate surface area is 225 Å². The number of methoxy groups -OCH3 is 2. The van der Waals surface area contributed by atoms with Crippen molar-refractivity contribution in [2.45, 2.75) is 18.9 Å². The van der Waals surface area contributed by atoms with Crippen molar-refractivity contribution >= 4 is 28.5 Å². The average molecular weight is 532 g/mol. The highest BCUT2D eigenvalue weighted by Crippen LogP contribution is 2.37. The molecule has 0 saturated heterocycles. The maximum absolute atomic E-state index is 12.4. The number of nitrogens with two attached hydrogens (primary N) is 1. The molecule has 0 fully saturated rings. The van der Waals surface area contributed by atoms with E-state index < -0.39 is 12.0 Å². The molecule has 4 N–H and O–H groups in total. The molecule has 4 rings (SSSR count). The number of hydrogen-bond donors (Lipinski definition) is 3. The van der Waals surface area contributed by atoms with Crippen LogP contribution in [0.4, 0.5) is 5.69 Å². The molecule has 3 aromatic carbocycles. The van der Waals surface area contributed by atoms with Crippen LogP contribution >= 0.6 is 0 Å². The second kappa shape index (κ2) is 12.6. The third-order valence-electron chi connectivity index (χ3n) is 5.88. The van der Waals surface area contributed by atoms with Crippen molar-refractivity contribution in [3.63, 3.8) is 0 Å². The lowest BCUT2D eigenvalue weighted by atomic mass is 10.1. The summed E-state index contributed by atoms with van der Waals surface area (Å²) in [5, 5.41) is 12.5. The fourth-order valence-electron chi connectivity index (χ4n) is 3.78. The average Bonchev–Trinajstić information content (AvgIpc) is 2.94. The van der Waals surface area contributed by atoms with Crippen LogP contribution in [0, 0.1) is 0 Å². The number of nitrogens with zero attached hydrogens (tertiary/aromatic N) is 1. The number of aliphatic carboxylic acids is 1. The molecule has 202 valence electrons. The third kappa shape index (κ3) is 7.14. The van der Waals surface area contributed by atoms with Crippen molar-refractivity contribution in [1.29, 1.82) is 0 Å². The summed E-state index contributed by atoms with van der Waals surface area (Å²) in [6.45, 7) is 0.107. The number of carboxylic acid groups (broad SMARTS) is 1. The van der Waals surface area contributed by atoms with Crippen LogP contribution in [0.15, 0.2) is 72.9 Å². The van der Waals surface area contributed by atoms with E-state index in [4.69, 9.17) is 29.8 Å². The second-order valence-electron chi connectivity index (χ2n) is 8.61. The largest absolute Gasteiger partial charge is 0.497 e. The number of fused-ring (bicyclic) bond motifs is 1. The van der Waals surface area contributed by atoms with Gasteiger partial charge in [0.2, 0.25) is 5.91 Å². The fraction of sp³-hybridized carbons (Fsp3) is 0.207. The molecule has 39 heavy (non-hydrogen) atoms. The van der Waals surface area contributed by atoms with E-state index in [1.165, 1.54) is 7.11 Å². The van der Waals surface area contributed by atoms with Gasteiger partial charge in [0.25, 0.3) is 0 Å². The molecule has 0 spiro atoms. The van der Waals surface area contributed by atoms with Gasteiger partial charge >= 0.3 is 5.97 Å². The smallest absolute Gasteiger partial charge is 0.320 e. The van der Waals surface area contributed by atoms with E-state index in [2.05, 4.69) is 10.3 Å². The number of aromatic nitrogens is 1. The van der Waals surface area contributed by atoms with E-state index in [9.17, 15) is 9.59 Å². The quantitative estimate of drug-likeness (QED) is 0.242. The lowest BCUT2D eigenvalue weighted by Gasteiger charge is -2.14. The molecule has 0 saturated carbocycles. The number of anilines is 1. The number of carboxylic acids is 1. The molecule has 10 heteroatoms. The molecule has 4 aromatic rings. The normalized spacial score (nSPS) is 11.5. The van der Waals surface area contributed by atoms with Gasteiger partial charge in [0, 0.05) is 29.8 Å². The van der Waals surface area contributed by atoms with Gasteiger partial charge in [-0.15, -0.1) is 0 Å². The summed E-state index contributed by atoms with van der Waals surface area (Å²) < 4.78 is 22.4. The molecule has 1 heterocycles. The molecule has 10 nitrogen and oxygen atoms in total. The van der Waals surface area contributed by atoms with Crippen LogP contribution < -0.4 is 30.0 Å². The number of amides is 1. The highest BCUT2D eigenvalue weighted by atomic mass is 16.5. The standard InChI is InChI=1S/C29H29N3O7/c1-36-20-9-5-19(6-10-20)32-28(33)15-18-3-7-21(8-4-18)39-25-11-13-31-24-17-27(26(37-2)16-22(24)25)38-14-12-23(30)29(34)35/h3-11,13,16-17,23H,12,14-15,30H2,1-2H3,(H,32,33)(H,34,35)/t23-/m0/s1. The maximum Gasteiger partial charge on any atom is 0.320 e. The summed E-state index contributed by atoms with van der Waals surface area (Å²) in [6, 6.07) is 18.6. The number of nitrogens with one attached hydrogen (secondary N) is 1. The Balaban J connectivity index is 1.42. The predicted molar refractivity (Wildman–Crippen MR) is 146 cm³/mol. The highest BCUT2D eigenvalue weighted by Gasteiger charge is 2.15. The van der Waals surface area contributed by atoms with E-state index in [1.807, 2.05) is 12.1 Å². The number of hydrogen-bond acceptors (Lipinski definition) is 8. The lowest BCUT2D eigenvalue weighted by Crippen LogP contribution is -2.31. The monoisotopic (exact) mass is 531 g/mol. The van der Waals surface area contributed by atoms with Crippen molar-refractivity contribution in [3.05, 3.63) is 78.5 Å². The van der Waals surface area contributed by atoms with Gasteiger partial charge in [-0.25, -0.2) is 0 Å². The van der Waals surface area contributed by atoms with Gasteiger partial charge in [0.15, 0.2) is 11.5 Å². The van der Waals surface area contributed by atoms with Crippen molar-refractivity contribution in [3.8, 4) is 28.7 Å². The summed E-state index contributed by atoms with van der Waals surface area (Å²) in [4.78, 5) is 27.8. The molecule has 0 aliphatic heterocycles. The molecule has 1 atom stereocenters. The first-order chi connectivity index (χ1) is 18.9. The topological polar surface area (TPSA) is 142 Å². The van der Waals surface area contributed by atoms with Crippen molar-refractivity contribution in [2.75, 3.05) is 26.1 Å². The van der Waals surface area contributed by atoms with Crippen LogP contribution in [-0.2, 0) is 16.0 Å². The van der Waals surface area contributed by atoms with Crippen LogP contribution in [0.3, 0.4) is 0 Å². The van der Waals surface area contributed by atoms with E-state index in [0.717, 1.165) is 11.3 Å². The summed E-state index contributed by atoms with van der Waals surface area (Å²) >= 11 is 0. The summed E-state index contributed by atoms with van der Waals surface area (Å²) in [6.07, 6.45) is 1.97. The second-order valence-corrected chi connectivity index (χ2v) is 8.61. The van der Waals surface area contributed by atoms with E-state index in [0.29, 0.717) is 39.6 Å². The zero-order chi connectivity index (χ0) is 27.8. The number of carbonyl (C=O) groups excluding carboxylic acids is 1. The van der Waals surface area contributed by atoms with Crippen LogP contribution in [0.1, 0.15) is 12.0 Å². The fourth-order valence-corrected chi connectivity index (χ4v) is 3.78. The Hall–Kier alpha value is -4.83. The zero-order valence-corrected chi connectivity index (χ0v) is 21.5. The van der Waals surface area contributed by atoms with Crippen molar-refractivity contribution in [2.24, 2.45) is 5.73 Å². The predicted octanol–water partition coefficient (Wildman–Crippen LogP) is 4.41. The van der Waals surface area contributed by atoms with Crippen LogP contribution in [0.5, 0.6) is 28.7 Å². The lowest BCUT2D eigenvalue weighted by molar-refractivity contribution is -0.138. The van der Waals surface area contributed by atoms with E-state index in [-0.39, 0.29) is 25.4 Å². The Morgan fingerprint density at radius 1 is 0.923 bits per heavy atom. The van der Waals surface area contributed by atoms with Gasteiger partial charge in [-0.3, -0.25) is 14.6 Å². The Kier molecular flexibility index (Phi) is 8.80. The minimum Gasteiger partial charge on any atom is -0.497 e. The summed E-state index contributed by atoms with van der Waals surface area (Å²) in [7, 11) is 3.10. The first-order valence-electron chi connectivity index (χ1n) is 12.1. The van der Waals surface area contributed by atoms with Crippen molar-refractivity contribution in [1.82, 2.24) is 4.98 Å². The van der Waals surface area contributed by atoms with E-state index in [1.54, 1.807) is 67.9 Å². The van der Waals surface area contributed by atoms with Gasteiger partial charge in [-0.1, -0.05) is 12.1 Å². The van der Waals surface area contributed by atoms with Gasteiger partial charge in [-0.2, -0.15) is 0 Å². The highest BCUT2D eigenvalue weighted by molar-refractivity contribution is 5.92. The number of pyridine rings is 1. The van der Waals surface area contributed by atoms with Crippen molar-refractivity contribution < 1.29 is 33.6 Å². The van der Waals surface area contributed by atoms with Gasteiger partial charge in [0.1, 0.15) is 23.3 Å². The van der Waals surface area contributed by atoms with Gasteiger partial charge in [0.05, 0.1) is 32.8 Å². The molecule has 0 bridgehead atoms. The molecular formula is C29H29N3O7. The first-order valence-corrected chi connectivity index (χ1v) is 12.1. The molecule has 0 aliphatic rings. The number of rotatable bonds is 12. The number of benzene rings is 3. The van der Waals surface area contributed by atoms with Gasteiger partial charge in [-0.05, 0) is 54.1 Å². The SMILES string of the molecule is COc1ccc(NC(=O)Cc2ccc(Oc3ccnc4cc(OCC[C@H](N)C(=O)O)c(OC)cc34)cc2)cc1. The van der Waals surface area contributed by atoms with Crippen LogP contribution in [-0.4, -0.2) is 48.8 Å².